The van der Waals surface area contributed by atoms with Gasteiger partial charge in [-0.25, -0.2) is 0 Å². The lowest BCUT2D eigenvalue weighted by molar-refractivity contribution is -0.122. The molecule has 0 bridgehead atoms. The highest BCUT2D eigenvalue weighted by molar-refractivity contribution is 9.10. The summed E-state index contributed by atoms with van der Waals surface area (Å²) in [7, 11) is 0. The molecule has 1 rings (SSSR count). The summed E-state index contributed by atoms with van der Waals surface area (Å²) in [5, 5.41) is 2.93. The zero-order valence-corrected chi connectivity index (χ0v) is 12.6. The van der Waals surface area contributed by atoms with Gasteiger partial charge in [0.05, 0.1) is 0 Å². The highest BCUT2D eigenvalue weighted by atomic mass is 79.9. The Morgan fingerprint density at radius 1 is 1.39 bits per heavy atom. The SMILES string of the molecule is CC(C)(CN)CC(=O)NCCc1ccccc1Br. The van der Waals surface area contributed by atoms with Crippen LogP contribution in [0.2, 0.25) is 0 Å². The Kier molecular flexibility index (Phi) is 5.82. The molecule has 4 heteroatoms. The minimum absolute atomic E-state index is 0.0671. The fourth-order valence-corrected chi connectivity index (χ4v) is 2.09. The first-order valence-corrected chi connectivity index (χ1v) is 6.94. The molecule has 0 aliphatic carbocycles. The highest BCUT2D eigenvalue weighted by Gasteiger charge is 2.19. The number of carbonyl (C=O) groups excluding carboxylic acids is 1. The van der Waals surface area contributed by atoms with Gasteiger partial charge in [0.1, 0.15) is 0 Å². The van der Waals surface area contributed by atoms with Gasteiger partial charge in [0, 0.05) is 17.4 Å². The van der Waals surface area contributed by atoms with Crippen molar-refractivity contribution in [2.24, 2.45) is 11.1 Å². The highest BCUT2D eigenvalue weighted by Crippen LogP contribution is 2.18. The van der Waals surface area contributed by atoms with Crippen molar-refractivity contribution >= 4 is 21.8 Å². The molecule has 0 radical (unpaired) electrons. The number of amides is 1. The molecule has 0 saturated heterocycles. The second-order valence-corrected chi connectivity index (χ2v) is 6.09. The lowest BCUT2D eigenvalue weighted by Crippen LogP contribution is -2.33. The fraction of sp³-hybridized carbons (Fsp3) is 0.500. The van der Waals surface area contributed by atoms with E-state index in [1.807, 2.05) is 32.0 Å². The summed E-state index contributed by atoms with van der Waals surface area (Å²) in [5.41, 5.74) is 6.68. The monoisotopic (exact) mass is 312 g/mol. The first-order chi connectivity index (χ1) is 8.44. The van der Waals surface area contributed by atoms with Crippen molar-refractivity contribution in [2.75, 3.05) is 13.1 Å². The first-order valence-electron chi connectivity index (χ1n) is 6.15. The van der Waals surface area contributed by atoms with Crippen LogP contribution in [-0.2, 0) is 11.2 Å². The second-order valence-electron chi connectivity index (χ2n) is 5.24. The molecule has 3 nitrogen and oxygen atoms in total. The van der Waals surface area contributed by atoms with Gasteiger partial charge in [-0.05, 0) is 30.0 Å². The Labute approximate surface area is 117 Å². The van der Waals surface area contributed by atoms with Gasteiger partial charge in [0.25, 0.3) is 0 Å². The van der Waals surface area contributed by atoms with E-state index in [9.17, 15) is 4.79 Å². The number of nitrogens with one attached hydrogen (secondary N) is 1. The van der Waals surface area contributed by atoms with E-state index < -0.39 is 0 Å². The van der Waals surface area contributed by atoms with Gasteiger partial charge in [-0.1, -0.05) is 48.0 Å². The molecule has 100 valence electrons. The van der Waals surface area contributed by atoms with Crippen LogP contribution < -0.4 is 11.1 Å². The molecule has 0 fully saturated rings. The van der Waals surface area contributed by atoms with Crippen LogP contribution in [-0.4, -0.2) is 19.0 Å². The van der Waals surface area contributed by atoms with Gasteiger partial charge in [-0.2, -0.15) is 0 Å². The number of hydrogen-bond donors (Lipinski definition) is 2. The van der Waals surface area contributed by atoms with Crippen LogP contribution in [0.4, 0.5) is 0 Å². The van der Waals surface area contributed by atoms with Gasteiger partial charge >= 0.3 is 0 Å². The third-order valence-electron chi connectivity index (χ3n) is 2.87. The molecule has 0 heterocycles. The second kappa shape index (κ2) is 6.90. The topological polar surface area (TPSA) is 55.1 Å². The molecular formula is C14H21BrN2O. The predicted octanol–water partition coefficient (Wildman–Crippen LogP) is 2.48. The molecule has 0 saturated carbocycles. The standard InChI is InChI=1S/C14H21BrN2O/c1-14(2,10-16)9-13(18)17-8-7-11-5-3-4-6-12(11)15/h3-6H,7-10,16H2,1-2H3,(H,17,18). The van der Waals surface area contributed by atoms with Crippen molar-refractivity contribution in [3.05, 3.63) is 34.3 Å². The van der Waals surface area contributed by atoms with E-state index >= 15 is 0 Å². The van der Waals surface area contributed by atoms with Crippen molar-refractivity contribution in [2.45, 2.75) is 26.7 Å². The van der Waals surface area contributed by atoms with Gasteiger partial charge in [-0.15, -0.1) is 0 Å². The number of halogens is 1. The third-order valence-corrected chi connectivity index (χ3v) is 3.64. The summed E-state index contributed by atoms with van der Waals surface area (Å²) < 4.78 is 1.08. The molecule has 1 aromatic carbocycles. The molecule has 0 aliphatic heterocycles. The van der Waals surface area contributed by atoms with E-state index in [0.717, 1.165) is 10.9 Å². The summed E-state index contributed by atoms with van der Waals surface area (Å²) in [5.74, 6) is 0.0671. The van der Waals surface area contributed by atoms with Crippen molar-refractivity contribution in [3.8, 4) is 0 Å². The van der Waals surface area contributed by atoms with Crippen LogP contribution in [0.25, 0.3) is 0 Å². The lowest BCUT2D eigenvalue weighted by Gasteiger charge is -2.21. The summed E-state index contributed by atoms with van der Waals surface area (Å²) >= 11 is 3.49. The maximum Gasteiger partial charge on any atom is 0.220 e. The van der Waals surface area contributed by atoms with Crippen molar-refractivity contribution in [3.63, 3.8) is 0 Å². The number of carbonyl (C=O) groups is 1. The number of benzene rings is 1. The molecule has 0 aliphatic rings. The van der Waals surface area contributed by atoms with Gasteiger partial charge in [0.15, 0.2) is 0 Å². The van der Waals surface area contributed by atoms with Crippen LogP contribution in [0.3, 0.4) is 0 Å². The minimum Gasteiger partial charge on any atom is -0.356 e. The Morgan fingerprint density at radius 3 is 2.67 bits per heavy atom. The van der Waals surface area contributed by atoms with Crippen LogP contribution in [0.1, 0.15) is 25.8 Å². The van der Waals surface area contributed by atoms with E-state index in [-0.39, 0.29) is 11.3 Å². The average molecular weight is 313 g/mol. The van der Waals surface area contributed by atoms with E-state index in [2.05, 4.69) is 27.3 Å². The average Bonchev–Trinajstić information content (AvgIpc) is 2.31. The summed E-state index contributed by atoms with van der Waals surface area (Å²) in [4.78, 5) is 11.7. The zero-order valence-electron chi connectivity index (χ0n) is 11.0. The van der Waals surface area contributed by atoms with Crippen molar-refractivity contribution in [1.82, 2.24) is 5.32 Å². The maximum atomic E-state index is 11.7. The van der Waals surface area contributed by atoms with Crippen LogP contribution >= 0.6 is 15.9 Å². The third kappa shape index (κ3) is 5.19. The molecule has 1 aromatic rings. The summed E-state index contributed by atoms with van der Waals surface area (Å²) in [6, 6.07) is 8.05. The van der Waals surface area contributed by atoms with Crippen molar-refractivity contribution in [1.29, 1.82) is 0 Å². The largest absolute Gasteiger partial charge is 0.356 e. The van der Waals surface area contributed by atoms with Gasteiger partial charge in [0.2, 0.25) is 5.91 Å². The number of rotatable bonds is 6. The van der Waals surface area contributed by atoms with Crippen LogP contribution in [0.5, 0.6) is 0 Å². The molecule has 0 unspecified atom stereocenters. The Morgan fingerprint density at radius 2 is 2.06 bits per heavy atom. The fourth-order valence-electron chi connectivity index (χ4n) is 1.61. The number of nitrogens with two attached hydrogens (primary N) is 1. The quantitative estimate of drug-likeness (QED) is 0.848. The van der Waals surface area contributed by atoms with E-state index in [0.29, 0.717) is 19.5 Å². The van der Waals surface area contributed by atoms with Gasteiger partial charge < -0.3 is 11.1 Å². The zero-order chi connectivity index (χ0) is 13.6. The van der Waals surface area contributed by atoms with Gasteiger partial charge in [-0.3, -0.25) is 4.79 Å². The maximum absolute atomic E-state index is 11.7. The normalized spacial score (nSPS) is 11.3. The molecular weight excluding hydrogens is 292 g/mol. The van der Waals surface area contributed by atoms with E-state index in [1.165, 1.54) is 5.56 Å². The molecule has 0 atom stereocenters. The lowest BCUT2D eigenvalue weighted by atomic mass is 9.89. The van der Waals surface area contributed by atoms with Crippen molar-refractivity contribution < 1.29 is 4.79 Å². The molecule has 0 aromatic heterocycles. The van der Waals surface area contributed by atoms with E-state index in [1.54, 1.807) is 0 Å². The summed E-state index contributed by atoms with van der Waals surface area (Å²) in [6.07, 6.45) is 1.30. The molecule has 18 heavy (non-hydrogen) atoms. The Hall–Kier alpha value is -0.870. The van der Waals surface area contributed by atoms with E-state index in [4.69, 9.17) is 5.73 Å². The molecule has 3 N–H and O–H groups in total. The number of hydrogen-bond acceptors (Lipinski definition) is 2. The predicted molar refractivity (Wildman–Crippen MR) is 78.3 cm³/mol. The van der Waals surface area contributed by atoms with Crippen LogP contribution in [0.15, 0.2) is 28.7 Å². The Bertz CT molecular complexity index is 405. The molecule has 1 amide bonds. The first kappa shape index (κ1) is 15.2. The minimum atomic E-state index is -0.128. The Balaban J connectivity index is 2.34. The smallest absolute Gasteiger partial charge is 0.220 e. The van der Waals surface area contributed by atoms with Crippen LogP contribution in [0, 0.1) is 5.41 Å². The summed E-state index contributed by atoms with van der Waals surface area (Å²) in [6.45, 7) is 5.17. The molecule has 0 spiro atoms.